The Hall–Kier alpha value is -0.530. The molecule has 0 aliphatic rings. The number of hydrogen-bond donors (Lipinski definition) is 1. The average molecular weight is 189 g/mol. The summed E-state index contributed by atoms with van der Waals surface area (Å²) < 4.78 is 22.1. The minimum atomic E-state index is -2.04. The van der Waals surface area contributed by atoms with Crippen LogP contribution in [0.2, 0.25) is 0 Å². The standard InChI is InChI=1S/C10H15N.ClH/c1-8-5-3-4-6-10(8)7-9(2)11;/h3-6,9H,7,11H2,1-2H3;1H/i1D3;. The van der Waals surface area contributed by atoms with Gasteiger partial charge in [0.15, 0.2) is 0 Å². The zero-order valence-corrected chi connectivity index (χ0v) is 7.90. The predicted molar refractivity (Wildman–Crippen MR) is 55.8 cm³/mol. The van der Waals surface area contributed by atoms with Crippen molar-refractivity contribution in [3.05, 3.63) is 35.4 Å². The van der Waals surface area contributed by atoms with E-state index in [1.54, 1.807) is 12.1 Å². The van der Waals surface area contributed by atoms with Gasteiger partial charge in [-0.1, -0.05) is 24.3 Å². The van der Waals surface area contributed by atoms with Gasteiger partial charge >= 0.3 is 0 Å². The number of halogens is 1. The van der Waals surface area contributed by atoms with E-state index in [1.807, 2.05) is 19.1 Å². The smallest absolute Gasteiger partial charge is 0.0280 e. The van der Waals surface area contributed by atoms with Crippen LogP contribution >= 0.6 is 12.4 Å². The Balaban J connectivity index is 0.00000196. The van der Waals surface area contributed by atoms with Crippen LogP contribution in [0, 0.1) is 6.85 Å². The molecule has 0 fully saturated rings. The molecule has 2 N–H and O–H groups in total. The van der Waals surface area contributed by atoms with Crippen molar-refractivity contribution in [3.8, 4) is 0 Å². The molecule has 1 nitrogen and oxygen atoms in total. The zero-order chi connectivity index (χ0) is 10.8. The second-order valence-corrected chi connectivity index (χ2v) is 2.84. The zero-order valence-electron chi connectivity index (χ0n) is 10.1. The van der Waals surface area contributed by atoms with Gasteiger partial charge in [-0.05, 0) is 31.3 Å². The van der Waals surface area contributed by atoms with Crippen molar-refractivity contribution in [3.63, 3.8) is 0 Å². The van der Waals surface area contributed by atoms with Crippen LogP contribution in [0.5, 0.6) is 0 Å². The van der Waals surface area contributed by atoms with Gasteiger partial charge in [-0.15, -0.1) is 12.4 Å². The number of aryl methyl sites for hydroxylation is 1. The van der Waals surface area contributed by atoms with Gasteiger partial charge in [-0.2, -0.15) is 0 Å². The molecule has 1 aromatic rings. The van der Waals surface area contributed by atoms with Crippen LogP contribution < -0.4 is 5.73 Å². The highest BCUT2D eigenvalue weighted by Gasteiger charge is 1.99. The number of hydrogen-bond acceptors (Lipinski definition) is 1. The molecule has 0 saturated carbocycles. The molecule has 0 radical (unpaired) electrons. The summed E-state index contributed by atoms with van der Waals surface area (Å²) in [6, 6.07) is 7.04. The number of benzene rings is 1. The van der Waals surface area contributed by atoms with Gasteiger partial charge in [0.25, 0.3) is 0 Å². The van der Waals surface area contributed by atoms with Crippen LogP contribution in [0.1, 0.15) is 22.2 Å². The van der Waals surface area contributed by atoms with Crippen LogP contribution in [-0.4, -0.2) is 6.04 Å². The molecule has 0 bridgehead atoms. The first-order chi connectivity index (χ1) is 6.41. The van der Waals surface area contributed by atoms with Gasteiger partial charge in [0.1, 0.15) is 0 Å². The summed E-state index contributed by atoms with van der Waals surface area (Å²) in [5.41, 5.74) is 6.89. The van der Waals surface area contributed by atoms with E-state index in [0.717, 1.165) is 5.56 Å². The average Bonchev–Trinajstić information content (AvgIpc) is 2.01. The molecule has 0 amide bonds. The Morgan fingerprint density at radius 3 is 2.75 bits per heavy atom. The maximum absolute atomic E-state index is 7.35. The van der Waals surface area contributed by atoms with Crippen molar-refractivity contribution < 1.29 is 4.11 Å². The van der Waals surface area contributed by atoms with E-state index in [4.69, 9.17) is 9.85 Å². The maximum atomic E-state index is 7.35. The van der Waals surface area contributed by atoms with E-state index in [1.165, 1.54) is 0 Å². The van der Waals surface area contributed by atoms with Crippen LogP contribution in [0.25, 0.3) is 0 Å². The normalized spacial score (nSPS) is 16.7. The third-order valence-corrected chi connectivity index (χ3v) is 1.56. The van der Waals surface area contributed by atoms with Crippen LogP contribution in [-0.2, 0) is 6.42 Å². The van der Waals surface area contributed by atoms with Crippen LogP contribution in [0.3, 0.4) is 0 Å². The molecule has 0 aromatic heterocycles. The summed E-state index contributed by atoms with van der Waals surface area (Å²) in [7, 11) is 0. The summed E-state index contributed by atoms with van der Waals surface area (Å²) in [6.45, 7) is -0.165. The molecule has 2 heteroatoms. The van der Waals surface area contributed by atoms with Gasteiger partial charge in [-0.25, -0.2) is 0 Å². The van der Waals surface area contributed by atoms with Crippen molar-refractivity contribution in [2.75, 3.05) is 0 Å². The van der Waals surface area contributed by atoms with Crippen molar-refractivity contribution in [1.29, 1.82) is 0 Å². The van der Waals surface area contributed by atoms with Crippen LogP contribution in [0.15, 0.2) is 24.3 Å². The van der Waals surface area contributed by atoms with Crippen molar-refractivity contribution in [1.82, 2.24) is 0 Å². The van der Waals surface area contributed by atoms with E-state index in [-0.39, 0.29) is 18.4 Å². The van der Waals surface area contributed by atoms with Crippen molar-refractivity contribution in [2.24, 2.45) is 5.73 Å². The Kier molecular flexibility index (Phi) is 2.99. The molecule has 1 atom stereocenters. The molecular weight excluding hydrogens is 170 g/mol. The lowest BCUT2D eigenvalue weighted by atomic mass is 10.0. The fraction of sp³-hybridized carbons (Fsp3) is 0.400. The molecule has 0 spiro atoms. The molecule has 0 aliphatic heterocycles. The fourth-order valence-corrected chi connectivity index (χ4v) is 1.05. The largest absolute Gasteiger partial charge is 0.328 e. The highest BCUT2D eigenvalue weighted by Crippen LogP contribution is 2.08. The van der Waals surface area contributed by atoms with Gasteiger partial charge in [0.2, 0.25) is 0 Å². The molecule has 1 aromatic carbocycles. The molecule has 0 saturated heterocycles. The lowest BCUT2D eigenvalue weighted by Gasteiger charge is -2.07. The summed E-state index contributed by atoms with van der Waals surface area (Å²) >= 11 is 0. The minimum Gasteiger partial charge on any atom is -0.328 e. The monoisotopic (exact) mass is 188 g/mol. The topological polar surface area (TPSA) is 26.0 Å². The van der Waals surface area contributed by atoms with Crippen molar-refractivity contribution >= 4 is 12.4 Å². The molecule has 1 rings (SSSR count). The first-order valence-electron chi connectivity index (χ1n) is 5.25. The first-order valence-corrected chi connectivity index (χ1v) is 3.75. The number of nitrogens with two attached hydrogens (primary N) is 1. The second-order valence-electron chi connectivity index (χ2n) is 2.84. The summed E-state index contributed by atoms with van der Waals surface area (Å²) in [5, 5.41) is 0. The predicted octanol–water partition coefficient (Wildman–Crippen LogP) is 2.31. The molecule has 12 heavy (non-hydrogen) atoms. The van der Waals surface area contributed by atoms with E-state index < -0.39 is 6.85 Å². The van der Waals surface area contributed by atoms with E-state index in [9.17, 15) is 0 Å². The fourth-order valence-electron chi connectivity index (χ4n) is 1.05. The quantitative estimate of drug-likeness (QED) is 0.758. The Labute approximate surface area is 84.6 Å². The Morgan fingerprint density at radius 2 is 2.17 bits per heavy atom. The van der Waals surface area contributed by atoms with Gasteiger partial charge in [0, 0.05) is 10.2 Å². The molecule has 68 valence electrons. The maximum Gasteiger partial charge on any atom is 0.0280 e. The summed E-state index contributed by atoms with van der Waals surface area (Å²) in [5.74, 6) is 0. The molecular formula is C10H16ClN. The lowest BCUT2D eigenvalue weighted by Crippen LogP contribution is -2.18. The van der Waals surface area contributed by atoms with Crippen LogP contribution in [0.4, 0.5) is 0 Å². The molecule has 0 heterocycles. The molecule has 0 aliphatic carbocycles. The van der Waals surface area contributed by atoms with Gasteiger partial charge in [0.05, 0.1) is 0 Å². The minimum absolute atomic E-state index is 0. The van der Waals surface area contributed by atoms with E-state index >= 15 is 0 Å². The van der Waals surface area contributed by atoms with E-state index in [0.29, 0.717) is 12.0 Å². The van der Waals surface area contributed by atoms with E-state index in [2.05, 4.69) is 0 Å². The van der Waals surface area contributed by atoms with Gasteiger partial charge in [-0.3, -0.25) is 0 Å². The first kappa shape index (κ1) is 6.93. The second kappa shape index (κ2) is 5.18. The highest BCUT2D eigenvalue weighted by atomic mass is 35.5. The molecule has 1 unspecified atom stereocenters. The Morgan fingerprint density at radius 1 is 1.50 bits per heavy atom. The summed E-state index contributed by atoms with van der Waals surface area (Å²) in [4.78, 5) is 0. The third kappa shape index (κ3) is 3.24. The number of rotatable bonds is 2. The van der Waals surface area contributed by atoms with Gasteiger partial charge < -0.3 is 5.73 Å². The Bertz CT molecular complexity index is 310. The lowest BCUT2D eigenvalue weighted by molar-refractivity contribution is 0.735. The highest BCUT2D eigenvalue weighted by molar-refractivity contribution is 5.85. The van der Waals surface area contributed by atoms with Crippen molar-refractivity contribution in [2.45, 2.75) is 26.2 Å². The summed E-state index contributed by atoms with van der Waals surface area (Å²) in [6.07, 6.45) is 0.606. The third-order valence-electron chi connectivity index (χ3n) is 1.56. The SMILES string of the molecule is Cl.[2H]C([2H])([2H])c1ccccc1CC(C)N.